The van der Waals surface area contributed by atoms with Crippen LogP contribution < -0.4 is 16.0 Å². The lowest BCUT2D eigenvalue weighted by Crippen LogP contribution is -2.52. The molecule has 1 aromatic carbocycles. The minimum absolute atomic E-state index is 0. The minimum Gasteiger partial charge on any atom is -0.377 e. The first kappa shape index (κ1) is 36.8. The summed E-state index contributed by atoms with van der Waals surface area (Å²) in [4.78, 5) is 50.6. The quantitative estimate of drug-likeness (QED) is 0.133. The van der Waals surface area contributed by atoms with Crippen LogP contribution in [0.15, 0.2) is 18.2 Å². The Balaban J connectivity index is 0.00000552. The molecule has 3 aliphatic heterocycles. The molecule has 0 aromatic heterocycles. The van der Waals surface area contributed by atoms with E-state index in [0.717, 1.165) is 25.9 Å². The number of ether oxygens (including phenoxy) is 6. The van der Waals surface area contributed by atoms with Crippen molar-refractivity contribution in [3.63, 3.8) is 0 Å². The smallest absolute Gasteiger partial charge is 0.255 e. The third-order valence-electron chi connectivity index (χ3n) is 7.44. The Bertz CT molecular complexity index is 1100. The van der Waals surface area contributed by atoms with E-state index in [0.29, 0.717) is 82.4 Å². The zero-order valence-corrected chi connectivity index (χ0v) is 26.4. The molecule has 1 atom stereocenters. The van der Waals surface area contributed by atoms with Gasteiger partial charge >= 0.3 is 0 Å². The molecule has 3 heterocycles. The summed E-state index contributed by atoms with van der Waals surface area (Å²) in [5, 5.41) is 8.38. The zero-order valence-electron chi connectivity index (χ0n) is 25.6. The van der Waals surface area contributed by atoms with E-state index in [4.69, 9.17) is 28.4 Å². The number of benzene rings is 1. The summed E-state index contributed by atoms with van der Waals surface area (Å²) in [6, 6.07) is 4.32. The number of carbonyl (C=O) groups excluding carboxylic acids is 4. The molecule has 1 aromatic rings. The highest BCUT2D eigenvalue weighted by Crippen LogP contribution is 2.32. The summed E-state index contributed by atoms with van der Waals surface area (Å²) in [7, 11) is 0. The van der Waals surface area contributed by atoms with Crippen molar-refractivity contribution in [2.24, 2.45) is 0 Å². The Labute approximate surface area is 269 Å². The first-order valence-corrected chi connectivity index (χ1v) is 15.3. The Morgan fingerprint density at radius 1 is 0.822 bits per heavy atom. The number of nitrogens with zero attached hydrogens (tertiary/aromatic N) is 1. The molecule has 2 saturated heterocycles. The number of halogens is 1. The number of imide groups is 1. The lowest BCUT2D eigenvalue weighted by molar-refractivity contribution is -0.137. The summed E-state index contributed by atoms with van der Waals surface area (Å²) in [6.07, 6.45) is 2.91. The second kappa shape index (κ2) is 20.4. The number of hydrogen-bond acceptors (Lipinski definition) is 11. The lowest BCUT2D eigenvalue weighted by Gasteiger charge is -2.29. The molecule has 0 saturated carbocycles. The number of nitrogens with one attached hydrogen (secondary N) is 3. The Hall–Kier alpha value is -2.69. The van der Waals surface area contributed by atoms with Gasteiger partial charge in [0.15, 0.2) is 0 Å². The van der Waals surface area contributed by atoms with Crippen molar-refractivity contribution in [3.8, 4) is 0 Å². The molecule has 3 N–H and O–H groups in total. The van der Waals surface area contributed by atoms with Gasteiger partial charge in [0.05, 0.1) is 72.2 Å². The van der Waals surface area contributed by atoms with E-state index in [-0.39, 0.29) is 62.7 Å². The average molecular weight is 657 g/mol. The summed E-state index contributed by atoms with van der Waals surface area (Å²) < 4.78 is 33.1. The number of carbonyl (C=O) groups is 4. The molecule has 2 fully saturated rings. The van der Waals surface area contributed by atoms with Crippen LogP contribution in [0.1, 0.15) is 41.6 Å². The molecular weight excluding hydrogens is 612 g/mol. The van der Waals surface area contributed by atoms with Crippen LogP contribution in [0, 0.1) is 0 Å². The van der Waals surface area contributed by atoms with Crippen LogP contribution in [-0.4, -0.2) is 126 Å². The van der Waals surface area contributed by atoms with Gasteiger partial charge in [-0.3, -0.25) is 24.5 Å². The number of anilines is 1. The van der Waals surface area contributed by atoms with E-state index in [1.165, 1.54) is 4.90 Å². The summed E-state index contributed by atoms with van der Waals surface area (Å²) in [5.41, 5.74) is 1.54. The van der Waals surface area contributed by atoms with Crippen molar-refractivity contribution in [2.45, 2.75) is 44.4 Å². The predicted octanol–water partition coefficient (Wildman–Crippen LogP) is 0.660. The Kier molecular flexibility index (Phi) is 16.7. The van der Waals surface area contributed by atoms with Gasteiger partial charge in [-0.1, -0.05) is 6.07 Å². The fourth-order valence-electron chi connectivity index (χ4n) is 5.17. The van der Waals surface area contributed by atoms with E-state index in [1.807, 2.05) is 0 Å². The standard InChI is InChI=1S/C30H44N4O10.ClH/c35-27-5-4-26(29(37)33-27)34-20-24-23(30(34)38)2-1-3-25(24)32-28(36)21-43-17-16-41-13-12-39-10-11-40-14-15-42-18-19-44-22-6-8-31-9-7-22;/h1-3,22,26,31H,4-21H2,(H,32,36)(H,33,35,37);1H. The van der Waals surface area contributed by atoms with E-state index in [1.54, 1.807) is 18.2 Å². The van der Waals surface area contributed by atoms with Crippen LogP contribution in [0.3, 0.4) is 0 Å². The van der Waals surface area contributed by atoms with Gasteiger partial charge in [-0.15, -0.1) is 12.4 Å². The van der Waals surface area contributed by atoms with Gasteiger partial charge in [-0.2, -0.15) is 0 Å². The van der Waals surface area contributed by atoms with Crippen molar-refractivity contribution in [2.75, 3.05) is 91.1 Å². The molecular formula is C30H45ClN4O10. The summed E-state index contributed by atoms with van der Waals surface area (Å²) in [6.45, 7) is 6.51. The number of fused-ring (bicyclic) bond motifs is 1. The Morgan fingerprint density at radius 2 is 1.42 bits per heavy atom. The van der Waals surface area contributed by atoms with Gasteiger partial charge in [0.1, 0.15) is 12.6 Å². The van der Waals surface area contributed by atoms with Gasteiger partial charge in [0, 0.05) is 29.8 Å². The second-order valence-corrected chi connectivity index (χ2v) is 10.6. The fourth-order valence-corrected chi connectivity index (χ4v) is 5.17. The van der Waals surface area contributed by atoms with Gasteiger partial charge in [0.2, 0.25) is 17.7 Å². The maximum Gasteiger partial charge on any atom is 0.255 e. The highest BCUT2D eigenvalue weighted by Gasteiger charge is 2.40. The lowest BCUT2D eigenvalue weighted by atomic mass is 10.0. The molecule has 45 heavy (non-hydrogen) atoms. The third kappa shape index (κ3) is 12.2. The number of amides is 4. The third-order valence-corrected chi connectivity index (χ3v) is 7.44. The number of piperidine rings is 2. The first-order valence-electron chi connectivity index (χ1n) is 15.3. The second-order valence-electron chi connectivity index (χ2n) is 10.6. The highest BCUT2D eigenvalue weighted by atomic mass is 35.5. The molecule has 0 spiro atoms. The molecule has 4 amide bonds. The topological polar surface area (TPSA) is 163 Å². The van der Waals surface area contributed by atoms with E-state index in [2.05, 4.69) is 16.0 Å². The molecule has 252 valence electrons. The maximum atomic E-state index is 12.9. The van der Waals surface area contributed by atoms with Gasteiger partial charge in [-0.25, -0.2) is 0 Å². The summed E-state index contributed by atoms with van der Waals surface area (Å²) >= 11 is 0. The number of rotatable bonds is 20. The van der Waals surface area contributed by atoms with Crippen LogP contribution in [0.5, 0.6) is 0 Å². The first-order chi connectivity index (χ1) is 21.5. The van der Waals surface area contributed by atoms with Crippen LogP contribution in [-0.2, 0) is 49.3 Å². The monoisotopic (exact) mass is 656 g/mol. The molecule has 0 radical (unpaired) electrons. The zero-order chi connectivity index (χ0) is 31.0. The molecule has 14 nitrogen and oxygen atoms in total. The maximum absolute atomic E-state index is 12.9. The number of hydrogen-bond donors (Lipinski definition) is 3. The molecule has 3 aliphatic rings. The van der Waals surface area contributed by atoms with E-state index >= 15 is 0 Å². The van der Waals surface area contributed by atoms with Crippen molar-refractivity contribution in [1.29, 1.82) is 0 Å². The molecule has 1 unspecified atom stereocenters. The van der Waals surface area contributed by atoms with Crippen LogP contribution >= 0.6 is 12.4 Å². The van der Waals surface area contributed by atoms with E-state index < -0.39 is 11.9 Å². The van der Waals surface area contributed by atoms with Crippen molar-refractivity contribution in [1.82, 2.24) is 15.5 Å². The Morgan fingerprint density at radius 3 is 2.04 bits per heavy atom. The molecule has 0 bridgehead atoms. The average Bonchev–Trinajstić information content (AvgIpc) is 3.36. The fraction of sp³-hybridized carbons (Fsp3) is 0.667. The van der Waals surface area contributed by atoms with Crippen molar-refractivity contribution >= 4 is 41.7 Å². The summed E-state index contributed by atoms with van der Waals surface area (Å²) in [5.74, 6) is -1.49. The van der Waals surface area contributed by atoms with Crippen LogP contribution in [0.2, 0.25) is 0 Å². The van der Waals surface area contributed by atoms with Crippen molar-refractivity contribution < 1.29 is 47.6 Å². The van der Waals surface area contributed by atoms with Crippen LogP contribution in [0.4, 0.5) is 5.69 Å². The predicted molar refractivity (Wildman–Crippen MR) is 164 cm³/mol. The van der Waals surface area contributed by atoms with E-state index in [9.17, 15) is 19.2 Å². The highest BCUT2D eigenvalue weighted by molar-refractivity contribution is 6.06. The van der Waals surface area contributed by atoms with Crippen LogP contribution in [0.25, 0.3) is 0 Å². The van der Waals surface area contributed by atoms with Gasteiger partial charge in [0.25, 0.3) is 5.91 Å². The largest absolute Gasteiger partial charge is 0.377 e. The SMILES string of the molecule is Cl.O=C1CCC(N2Cc3c(NC(=O)COCCOCCOCCOCCOCCOC4CCNCC4)cccc3C2=O)C(=O)N1. The molecule has 15 heteroatoms. The molecule has 4 rings (SSSR count). The minimum atomic E-state index is -0.719. The van der Waals surface area contributed by atoms with Crippen molar-refractivity contribution in [3.05, 3.63) is 29.3 Å². The van der Waals surface area contributed by atoms with Gasteiger partial charge < -0.3 is 44.0 Å². The normalized spacial score (nSPS) is 18.4. The molecule has 0 aliphatic carbocycles. The van der Waals surface area contributed by atoms with Gasteiger partial charge in [-0.05, 0) is 44.5 Å².